The Labute approximate surface area is 102 Å². The van der Waals surface area contributed by atoms with Crippen molar-refractivity contribution in [3.8, 4) is 11.5 Å². The molecule has 1 aromatic carbocycles. The Kier molecular flexibility index (Phi) is 4.09. The summed E-state index contributed by atoms with van der Waals surface area (Å²) in [6.45, 7) is 2.18. The number of benzene rings is 1. The molecule has 17 heavy (non-hydrogen) atoms. The lowest BCUT2D eigenvalue weighted by molar-refractivity contribution is 0.355. The van der Waals surface area contributed by atoms with Gasteiger partial charge in [-0.15, -0.1) is 0 Å². The van der Waals surface area contributed by atoms with E-state index in [1.54, 1.807) is 14.2 Å². The van der Waals surface area contributed by atoms with Crippen molar-refractivity contribution < 1.29 is 9.47 Å². The fourth-order valence-corrected chi connectivity index (χ4v) is 2.13. The molecule has 1 heterocycles. The quantitative estimate of drug-likeness (QED) is 0.837. The molecule has 1 aromatic rings. The zero-order chi connectivity index (χ0) is 12.1. The fourth-order valence-electron chi connectivity index (χ4n) is 2.13. The summed E-state index contributed by atoms with van der Waals surface area (Å²) in [6, 6.07) is 6.50. The number of ether oxygens (including phenoxy) is 2. The minimum atomic E-state index is 0.550. The van der Waals surface area contributed by atoms with E-state index >= 15 is 0 Å². The topological polar surface area (TPSA) is 42.5 Å². The molecule has 1 saturated heterocycles. The van der Waals surface area contributed by atoms with Gasteiger partial charge < -0.3 is 20.1 Å². The molecule has 1 aliphatic heterocycles. The number of anilines is 1. The normalized spacial score (nSPS) is 16.6. The highest BCUT2D eigenvalue weighted by Crippen LogP contribution is 2.30. The molecule has 0 atom stereocenters. The van der Waals surface area contributed by atoms with Crippen LogP contribution in [0, 0.1) is 0 Å². The number of rotatable bonds is 4. The Hall–Kier alpha value is -1.42. The van der Waals surface area contributed by atoms with E-state index < -0.39 is 0 Å². The van der Waals surface area contributed by atoms with Crippen molar-refractivity contribution in [1.29, 1.82) is 0 Å². The zero-order valence-corrected chi connectivity index (χ0v) is 10.5. The van der Waals surface area contributed by atoms with Crippen molar-refractivity contribution in [3.05, 3.63) is 18.2 Å². The Balaban J connectivity index is 2.05. The second-order valence-electron chi connectivity index (χ2n) is 4.24. The van der Waals surface area contributed by atoms with Gasteiger partial charge in [-0.2, -0.15) is 0 Å². The van der Waals surface area contributed by atoms with Crippen LogP contribution in [0.2, 0.25) is 0 Å². The van der Waals surface area contributed by atoms with Crippen molar-refractivity contribution in [1.82, 2.24) is 5.32 Å². The number of piperidine rings is 1. The van der Waals surface area contributed by atoms with Gasteiger partial charge in [-0.05, 0) is 38.1 Å². The van der Waals surface area contributed by atoms with Crippen LogP contribution in [0.4, 0.5) is 5.69 Å². The highest BCUT2D eigenvalue weighted by atomic mass is 16.5. The van der Waals surface area contributed by atoms with Crippen LogP contribution in [0.5, 0.6) is 11.5 Å². The molecular weight excluding hydrogens is 216 g/mol. The minimum Gasteiger partial charge on any atom is -0.493 e. The molecule has 2 rings (SSSR count). The highest BCUT2D eigenvalue weighted by molar-refractivity contribution is 5.55. The summed E-state index contributed by atoms with van der Waals surface area (Å²) in [5.41, 5.74) is 1.09. The van der Waals surface area contributed by atoms with Crippen LogP contribution in [-0.2, 0) is 0 Å². The van der Waals surface area contributed by atoms with E-state index in [0.717, 1.165) is 43.1 Å². The smallest absolute Gasteiger partial charge is 0.162 e. The Morgan fingerprint density at radius 3 is 2.47 bits per heavy atom. The van der Waals surface area contributed by atoms with E-state index in [1.165, 1.54) is 0 Å². The summed E-state index contributed by atoms with van der Waals surface area (Å²) in [5.74, 6) is 1.54. The average Bonchev–Trinajstić information content (AvgIpc) is 2.40. The largest absolute Gasteiger partial charge is 0.493 e. The van der Waals surface area contributed by atoms with Crippen molar-refractivity contribution in [2.45, 2.75) is 18.9 Å². The van der Waals surface area contributed by atoms with E-state index in [-0.39, 0.29) is 0 Å². The molecule has 2 N–H and O–H groups in total. The third-order valence-corrected chi connectivity index (χ3v) is 3.09. The van der Waals surface area contributed by atoms with Gasteiger partial charge in [-0.1, -0.05) is 0 Å². The van der Waals surface area contributed by atoms with E-state index in [9.17, 15) is 0 Å². The first-order valence-corrected chi connectivity index (χ1v) is 6.03. The van der Waals surface area contributed by atoms with Crippen molar-refractivity contribution in [2.24, 2.45) is 0 Å². The third kappa shape index (κ3) is 3.03. The lowest BCUT2D eigenvalue weighted by Crippen LogP contribution is -2.35. The second-order valence-corrected chi connectivity index (χ2v) is 4.24. The summed E-state index contributed by atoms with van der Waals surface area (Å²) in [4.78, 5) is 0. The molecular formula is C13H20N2O2. The lowest BCUT2D eigenvalue weighted by Gasteiger charge is -2.25. The van der Waals surface area contributed by atoms with Gasteiger partial charge in [0.15, 0.2) is 11.5 Å². The summed E-state index contributed by atoms with van der Waals surface area (Å²) in [7, 11) is 3.31. The van der Waals surface area contributed by atoms with Gasteiger partial charge in [0.1, 0.15) is 0 Å². The molecule has 4 nitrogen and oxygen atoms in total. The maximum Gasteiger partial charge on any atom is 0.162 e. The molecule has 0 aliphatic carbocycles. The molecule has 1 fully saturated rings. The number of methoxy groups -OCH3 is 2. The molecule has 0 unspecified atom stereocenters. The summed E-state index contributed by atoms with van der Waals surface area (Å²) in [6.07, 6.45) is 2.32. The Morgan fingerprint density at radius 1 is 1.12 bits per heavy atom. The van der Waals surface area contributed by atoms with Crippen LogP contribution < -0.4 is 20.1 Å². The monoisotopic (exact) mass is 236 g/mol. The van der Waals surface area contributed by atoms with Crippen LogP contribution >= 0.6 is 0 Å². The van der Waals surface area contributed by atoms with Crippen LogP contribution in [0.1, 0.15) is 12.8 Å². The maximum atomic E-state index is 5.29. The van der Waals surface area contributed by atoms with Crippen LogP contribution in [0.25, 0.3) is 0 Å². The zero-order valence-electron chi connectivity index (χ0n) is 10.5. The SMILES string of the molecule is COc1ccc(NC2CCNCC2)cc1OC. The fraction of sp³-hybridized carbons (Fsp3) is 0.538. The van der Waals surface area contributed by atoms with E-state index in [2.05, 4.69) is 10.6 Å². The molecule has 0 radical (unpaired) electrons. The molecule has 0 saturated carbocycles. The first-order valence-electron chi connectivity index (χ1n) is 6.03. The molecule has 94 valence electrons. The van der Waals surface area contributed by atoms with Crippen molar-refractivity contribution in [3.63, 3.8) is 0 Å². The highest BCUT2D eigenvalue weighted by Gasteiger charge is 2.13. The molecule has 0 aromatic heterocycles. The lowest BCUT2D eigenvalue weighted by atomic mass is 10.1. The van der Waals surface area contributed by atoms with Gasteiger partial charge in [0, 0.05) is 17.8 Å². The predicted molar refractivity (Wildman–Crippen MR) is 69.1 cm³/mol. The third-order valence-electron chi connectivity index (χ3n) is 3.09. The minimum absolute atomic E-state index is 0.550. The van der Waals surface area contributed by atoms with Crippen LogP contribution in [0.15, 0.2) is 18.2 Å². The standard InChI is InChI=1S/C13H20N2O2/c1-16-12-4-3-11(9-13(12)17-2)15-10-5-7-14-8-6-10/h3-4,9-10,14-15H,5-8H2,1-2H3. The number of hydrogen-bond acceptors (Lipinski definition) is 4. The first kappa shape index (κ1) is 12.0. The Morgan fingerprint density at radius 2 is 1.82 bits per heavy atom. The molecule has 1 aliphatic rings. The second kappa shape index (κ2) is 5.77. The molecule has 0 spiro atoms. The van der Waals surface area contributed by atoms with E-state index in [0.29, 0.717) is 6.04 Å². The van der Waals surface area contributed by atoms with Gasteiger partial charge in [-0.25, -0.2) is 0 Å². The van der Waals surface area contributed by atoms with E-state index in [1.807, 2.05) is 18.2 Å². The van der Waals surface area contributed by atoms with Crippen molar-refractivity contribution >= 4 is 5.69 Å². The number of nitrogens with one attached hydrogen (secondary N) is 2. The van der Waals surface area contributed by atoms with Crippen molar-refractivity contribution in [2.75, 3.05) is 32.6 Å². The maximum absolute atomic E-state index is 5.29. The first-order chi connectivity index (χ1) is 8.33. The van der Waals surface area contributed by atoms with Gasteiger partial charge in [-0.3, -0.25) is 0 Å². The molecule has 0 bridgehead atoms. The average molecular weight is 236 g/mol. The summed E-state index contributed by atoms with van der Waals surface area (Å²) >= 11 is 0. The summed E-state index contributed by atoms with van der Waals surface area (Å²) < 4.78 is 10.5. The van der Waals surface area contributed by atoms with Gasteiger partial charge in [0.2, 0.25) is 0 Å². The van der Waals surface area contributed by atoms with E-state index in [4.69, 9.17) is 9.47 Å². The van der Waals surface area contributed by atoms with Crippen LogP contribution in [-0.4, -0.2) is 33.4 Å². The molecule has 4 heteroatoms. The van der Waals surface area contributed by atoms with Gasteiger partial charge in [0.05, 0.1) is 14.2 Å². The summed E-state index contributed by atoms with van der Waals surface area (Å²) in [5, 5.41) is 6.89. The van der Waals surface area contributed by atoms with Gasteiger partial charge >= 0.3 is 0 Å². The number of hydrogen-bond donors (Lipinski definition) is 2. The van der Waals surface area contributed by atoms with Crippen LogP contribution in [0.3, 0.4) is 0 Å². The Bertz CT molecular complexity index is 362. The predicted octanol–water partition coefficient (Wildman–Crippen LogP) is 1.87. The molecule has 0 amide bonds. The van der Waals surface area contributed by atoms with Gasteiger partial charge in [0.25, 0.3) is 0 Å².